The molecule has 1 aliphatic heterocycles. The number of nitrogens with zero attached hydrogens (tertiary/aromatic N) is 2. The summed E-state index contributed by atoms with van der Waals surface area (Å²) < 4.78 is 0. The van der Waals surface area contributed by atoms with Crippen LogP contribution >= 0.6 is 23.2 Å². The summed E-state index contributed by atoms with van der Waals surface area (Å²) in [6, 6.07) is 5.49. The SMILES string of the molecule is CN(C)C[C@@H]1CCN(C(=O)NCCc2cc(Cl)cc(Cl)c2)C1. The number of carbonyl (C=O) groups is 1. The fourth-order valence-corrected chi connectivity index (χ4v) is 3.43. The molecule has 0 saturated carbocycles. The number of hydrogen-bond acceptors (Lipinski definition) is 2. The normalized spacial score (nSPS) is 18.0. The van der Waals surface area contributed by atoms with E-state index in [1.165, 1.54) is 0 Å². The van der Waals surface area contributed by atoms with Gasteiger partial charge in [-0.05, 0) is 56.6 Å². The largest absolute Gasteiger partial charge is 0.338 e. The number of rotatable bonds is 5. The van der Waals surface area contributed by atoms with Gasteiger partial charge in [-0.15, -0.1) is 0 Å². The molecule has 1 N–H and O–H groups in total. The zero-order valence-corrected chi connectivity index (χ0v) is 14.6. The smallest absolute Gasteiger partial charge is 0.317 e. The van der Waals surface area contributed by atoms with Gasteiger partial charge in [0, 0.05) is 36.2 Å². The third kappa shape index (κ3) is 5.34. The second kappa shape index (κ2) is 8.04. The first-order valence-electron chi connectivity index (χ1n) is 7.56. The van der Waals surface area contributed by atoms with Crippen LogP contribution in [0, 0.1) is 5.92 Å². The molecule has 0 bridgehead atoms. The van der Waals surface area contributed by atoms with E-state index in [0.29, 0.717) is 22.5 Å². The highest BCUT2D eigenvalue weighted by atomic mass is 35.5. The minimum Gasteiger partial charge on any atom is -0.338 e. The quantitative estimate of drug-likeness (QED) is 0.891. The van der Waals surface area contributed by atoms with Crippen LogP contribution in [0.3, 0.4) is 0 Å². The highest BCUT2D eigenvalue weighted by molar-refractivity contribution is 6.34. The number of likely N-dealkylation sites (tertiary alicyclic amines) is 1. The van der Waals surface area contributed by atoms with Gasteiger partial charge in [-0.1, -0.05) is 23.2 Å². The van der Waals surface area contributed by atoms with Crippen LogP contribution in [0.25, 0.3) is 0 Å². The number of amides is 2. The van der Waals surface area contributed by atoms with Crippen molar-refractivity contribution >= 4 is 29.2 Å². The van der Waals surface area contributed by atoms with Gasteiger partial charge in [-0.3, -0.25) is 0 Å². The van der Waals surface area contributed by atoms with Gasteiger partial charge in [0.25, 0.3) is 0 Å². The first-order valence-corrected chi connectivity index (χ1v) is 8.32. The lowest BCUT2D eigenvalue weighted by Gasteiger charge is -2.19. The second-order valence-electron chi connectivity index (χ2n) is 6.12. The van der Waals surface area contributed by atoms with Gasteiger partial charge in [-0.2, -0.15) is 0 Å². The van der Waals surface area contributed by atoms with Gasteiger partial charge in [0.2, 0.25) is 0 Å². The summed E-state index contributed by atoms with van der Waals surface area (Å²) in [5.74, 6) is 0.576. The summed E-state index contributed by atoms with van der Waals surface area (Å²) >= 11 is 11.9. The van der Waals surface area contributed by atoms with Crippen LogP contribution in [0.15, 0.2) is 18.2 Å². The third-order valence-corrected chi connectivity index (χ3v) is 4.25. The summed E-state index contributed by atoms with van der Waals surface area (Å²) in [6.07, 6.45) is 1.80. The van der Waals surface area contributed by atoms with Crippen molar-refractivity contribution in [2.75, 3.05) is 40.3 Å². The molecule has 0 unspecified atom stereocenters. The summed E-state index contributed by atoms with van der Waals surface area (Å²) in [5, 5.41) is 4.22. The Bertz CT molecular complexity index is 502. The molecule has 122 valence electrons. The Kier molecular flexibility index (Phi) is 6.36. The molecule has 1 aromatic rings. The predicted molar refractivity (Wildman–Crippen MR) is 91.8 cm³/mol. The van der Waals surface area contributed by atoms with E-state index in [1.807, 2.05) is 17.0 Å². The van der Waals surface area contributed by atoms with Crippen molar-refractivity contribution in [3.8, 4) is 0 Å². The van der Waals surface area contributed by atoms with Gasteiger partial charge in [-0.25, -0.2) is 4.79 Å². The lowest BCUT2D eigenvalue weighted by molar-refractivity contribution is 0.205. The van der Waals surface area contributed by atoms with Crippen molar-refractivity contribution in [1.29, 1.82) is 0 Å². The van der Waals surface area contributed by atoms with Crippen LogP contribution in [0.5, 0.6) is 0 Å². The minimum absolute atomic E-state index is 0.0226. The van der Waals surface area contributed by atoms with Crippen LogP contribution in [0.1, 0.15) is 12.0 Å². The maximum atomic E-state index is 12.1. The summed E-state index contributed by atoms with van der Waals surface area (Å²) in [5.41, 5.74) is 1.03. The lowest BCUT2D eigenvalue weighted by atomic mass is 10.1. The number of halogens is 2. The molecule has 2 rings (SSSR count). The third-order valence-electron chi connectivity index (χ3n) is 3.81. The zero-order valence-electron chi connectivity index (χ0n) is 13.1. The van der Waals surface area contributed by atoms with E-state index in [1.54, 1.807) is 6.07 Å². The highest BCUT2D eigenvalue weighted by Crippen LogP contribution is 2.19. The van der Waals surface area contributed by atoms with Crippen molar-refractivity contribution in [3.05, 3.63) is 33.8 Å². The molecule has 1 heterocycles. The monoisotopic (exact) mass is 343 g/mol. The maximum Gasteiger partial charge on any atom is 0.317 e. The molecule has 1 saturated heterocycles. The summed E-state index contributed by atoms with van der Waals surface area (Å²) in [4.78, 5) is 16.2. The van der Waals surface area contributed by atoms with Crippen molar-refractivity contribution in [1.82, 2.24) is 15.1 Å². The standard InChI is InChI=1S/C16H23Cl2N3O/c1-20(2)10-13-4-6-21(11-13)16(22)19-5-3-12-7-14(17)9-15(18)8-12/h7-9,13H,3-6,10-11H2,1-2H3,(H,19,22)/t13-/m0/s1. The van der Waals surface area contributed by atoms with Crippen molar-refractivity contribution < 1.29 is 4.79 Å². The number of carbonyl (C=O) groups excluding carboxylic acids is 1. The van der Waals surface area contributed by atoms with Crippen LogP contribution < -0.4 is 5.32 Å². The molecule has 0 aromatic heterocycles. The Labute approximate surface area is 142 Å². The predicted octanol–water partition coefficient (Wildman–Crippen LogP) is 3.13. The summed E-state index contributed by atoms with van der Waals surface area (Å²) in [6.45, 7) is 3.30. The Balaban J connectivity index is 1.74. The van der Waals surface area contributed by atoms with E-state index in [2.05, 4.69) is 24.3 Å². The number of benzene rings is 1. The van der Waals surface area contributed by atoms with E-state index >= 15 is 0 Å². The Morgan fingerprint density at radius 2 is 2.00 bits per heavy atom. The van der Waals surface area contributed by atoms with Gasteiger partial charge < -0.3 is 15.1 Å². The lowest BCUT2D eigenvalue weighted by Crippen LogP contribution is -2.39. The average molecular weight is 344 g/mol. The molecule has 0 aliphatic carbocycles. The molecule has 1 aliphatic rings. The first kappa shape index (κ1) is 17.4. The molecule has 0 radical (unpaired) electrons. The Hall–Kier alpha value is -0.970. The molecule has 4 nitrogen and oxygen atoms in total. The highest BCUT2D eigenvalue weighted by Gasteiger charge is 2.26. The van der Waals surface area contributed by atoms with Crippen molar-refractivity contribution in [2.24, 2.45) is 5.92 Å². The van der Waals surface area contributed by atoms with E-state index in [-0.39, 0.29) is 6.03 Å². The first-order chi connectivity index (χ1) is 10.4. The minimum atomic E-state index is 0.0226. The van der Waals surface area contributed by atoms with Crippen LogP contribution in [0.4, 0.5) is 4.79 Å². The van der Waals surface area contributed by atoms with Gasteiger partial charge in [0.15, 0.2) is 0 Å². The average Bonchev–Trinajstić information content (AvgIpc) is 2.85. The molecule has 22 heavy (non-hydrogen) atoms. The molecular weight excluding hydrogens is 321 g/mol. The Morgan fingerprint density at radius 1 is 1.32 bits per heavy atom. The van der Waals surface area contributed by atoms with Gasteiger partial charge in [0.1, 0.15) is 0 Å². The van der Waals surface area contributed by atoms with Crippen molar-refractivity contribution in [2.45, 2.75) is 12.8 Å². The van der Waals surface area contributed by atoms with E-state index in [0.717, 1.165) is 38.0 Å². The van der Waals surface area contributed by atoms with Gasteiger partial charge >= 0.3 is 6.03 Å². The van der Waals surface area contributed by atoms with Crippen LogP contribution in [-0.2, 0) is 6.42 Å². The second-order valence-corrected chi connectivity index (χ2v) is 7.00. The van der Waals surface area contributed by atoms with Crippen LogP contribution in [-0.4, -0.2) is 56.1 Å². The molecular formula is C16H23Cl2N3O. The maximum absolute atomic E-state index is 12.1. The van der Waals surface area contributed by atoms with Crippen LogP contribution in [0.2, 0.25) is 10.0 Å². The van der Waals surface area contributed by atoms with E-state index < -0.39 is 0 Å². The molecule has 1 fully saturated rings. The zero-order chi connectivity index (χ0) is 16.1. The number of nitrogens with one attached hydrogen (secondary N) is 1. The Morgan fingerprint density at radius 3 is 2.64 bits per heavy atom. The van der Waals surface area contributed by atoms with Gasteiger partial charge in [0.05, 0.1) is 0 Å². The number of hydrogen-bond donors (Lipinski definition) is 1. The molecule has 1 aromatic carbocycles. The molecule has 0 spiro atoms. The molecule has 2 amide bonds. The fraction of sp³-hybridized carbons (Fsp3) is 0.562. The van der Waals surface area contributed by atoms with E-state index in [4.69, 9.17) is 23.2 Å². The molecule has 1 atom stereocenters. The summed E-state index contributed by atoms with van der Waals surface area (Å²) in [7, 11) is 4.14. The van der Waals surface area contributed by atoms with E-state index in [9.17, 15) is 4.79 Å². The number of urea groups is 1. The molecule has 6 heteroatoms. The van der Waals surface area contributed by atoms with Crippen molar-refractivity contribution in [3.63, 3.8) is 0 Å². The topological polar surface area (TPSA) is 35.6 Å². The fourth-order valence-electron chi connectivity index (χ4n) is 2.86.